The number of unbranched alkanes of at least 4 members (excludes halogenated alkanes) is 3. The monoisotopic (exact) mass is 312 g/mol. The normalized spacial score (nSPS) is 23.5. The highest BCUT2D eigenvalue weighted by molar-refractivity contribution is 6.74. The first-order valence-electron chi connectivity index (χ1n) is 8.65. The molecule has 0 radical (unpaired) electrons. The van der Waals surface area contributed by atoms with Gasteiger partial charge in [-0.25, -0.2) is 0 Å². The summed E-state index contributed by atoms with van der Waals surface area (Å²) in [6.07, 6.45) is 9.20. The van der Waals surface area contributed by atoms with Gasteiger partial charge in [0.25, 0.3) is 0 Å². The first-order valence-corrected chi connectivity index (χ1v) is 11.6. The first kappa shape index (κ1) is 18.9. The van der Waals surface area contributed by atoms with Crippen LogP contribution in [0.25, 0.3) is 0 Å². The van der Waals surface area contributed by atoms with Crippen LogP contribution in [-0.4, -0.2) is 27.1 Å². The summed E-state index contributed by atoms with van der Waals surface area (Å²) in [6.45, 7) is 16.6. The summed E-state index contributed by atoms with van der Waals surface area (Å²) in [5, 5.41) is 0.267. The van der Waals surface area contributed by atoms with Crippen LogP contribution in [0.3, 0.4) is 0 Å². The van der Waals surface area contributed by atoms with Gasteiger partial charge in [-0.15, -0.1) is 0 Å². The van der Waals surface area contributed by atoms with Crippen molar-refractivity contribution in [1.29, 1.82) is 0 Å². The lowest BCUT2D eigenvalue weighted by Gasteiger charge is -2.37. The molecule has 2 atom stereocenters. The Bertz CT molecular complexity index is 342. The molecule has 3 heteroatoms. The third kappa shape index (κ3) is 5.88. The molecule has 0 saturated carbocycles. The molecule has 21 heavy (non-hydrogen) atoms. The highest BCUT2D eigenvalue weighted by atomic mass is 28.4. The molecule has 2 nitrogen and oxygen atoms in total. The van der Waals surface area contributed by atoms with Crippen molar-refractivity contribution in [3.63, 3.8) is 0 Å². The Hall–Kier alpha value is -0.123. The van der Waals surface area contributed by atoms with Crippen molar-refractivity contribution < 1.29 is 9.16 Å². The van der Waals surface area contributed by atoms with Crippen molar-refractivity contribution in [2.24, 2.45) is 0 Å². The van der Waals surface area contributed by atoms with Gasteiger partial charge in [0.2, 0.25) is 0 Å². The number of ether oxygens (including phenoxy) is 1. The summed E-state index contributed by atoms with van der Waals surface area (Å²) in [7, 11) is -1.67. The molecule has 1 rings (SSSR count). The third-order valence-corrected chi connectivity index (χ3v) is 9.54. The average Bonchev–Trinajstić information content (AvgIpc) is 2.72. The van der Waals surface area contributed by atoms with E-state index in [1.165, 1.54) is 31.3 Å². The summed E-state index contributed by atoms with van der Waals surface area (Å²) in [6, 6.07) is 0. The van der Waals surface area contributed by atoms with Crippen molar-refractivity contribution in [1.82, 2.24) is 0 Å². The Balaban J connectivity index is 2.37. The second kappa shape index (κ2) is 7.93. The smallest absolute Gasteiger partial charge is 0.192 e. The van der Waals surface area contributed by atoms with Crippen LogP contribution in [0.1, 0.15) is 66.7 Å². The molecular formula is C18H36O2Si. The largest absolute Gasteiger partial charge is 0.414 e. The lowest BCUT2D eigenvalue weighted by atomic mass is 10.1. The minimum absolute atomic E-state index is 0.176. The molecule has 0 spiro atoms. The minimum atomic E-state index is -1.67. The van der Waals surface area contributed by atoms with E-state index in [4.69, 9.17) is 9.16 Å². The molecule has 0 unspecified atom stereocenters. The van der Waals surface area contributed by atoms with Crippen LogP contribution < -0.4 is 0 Å². The quantitative estimate of drug-likeness (QED) is 0.325. The molecule has 0 saturated heterocycles. The van der Waals surface area contributed by atoms with E-state index >= 15 is 0 Å². The Morgan fingerprint density at radius 1 is 1.19 bits per heavy atom. The van der Waals surface area contributed by atoms with E-state index in [1.54, 1.807) is 0 Å². The van der Waals surface area contributed by atoms with E-state index in [-0.39, 0.29) is 11.1 Å². The van der Waals surface area contributed by atoms with Crippen LogP contribution in [0.5, 0.6) is 0 Å². The van der Waals surface area contributed by atoms with Crippen molar-refractivity contribution in [3.05, 3.63) is 11.6 Å². The van der Waals surface area contributed by atoms with Crippen molar-refractivity contribution in [2.45, 2.75) is 97.1 Å². The number of hydrogen-bond acceptors (Lipinski definition) is 2. The maximum absolute atomic E-state index is 6.31. The van der Waals surface area contributed by atoms with Gasteiger partial charge >= 0.3 is 0 Å². The molecule has 0 aromatic carbocycles. The Morgan fingerprint density at radius 2 is 1.86 bits per heavy atom. The highest BCUT2D eigenvalue weighted by Gasteiger charge is 2.38. The fourth-order valence-electron chi connectivity index (χ4n) is 2.35. The second-order valence-corrected chi connectivity index (χ2v) is 12.8. The van der Waals surface area contributed by atoms with Gasteiger partial charge in [-0.1, -0.05) is 59.5 Å². The van der Waals surface area contributed by atoms with Crippen molar-refractivity contribution in [2.75, 3.05) is 6.61 Å². The SMILES string of the molecule is CCCCCC[C@H]1C=C(C)[C@@H](CO[Si](C)(C)C(C)(C)C)O1. The topological polar surface area (TPSA) is 18.5 Å². The fourth-order valence-corrected chi connectivity index (χ4v) is 3.35. The van der Waals surface area contributed by atoms with E-state index in [9.17, 15) is 0 Å². The maximum atomic E-state index is 6.31. The maximum Gasteiger partial charge on any atom is 0.192 e. The Morgan fingerprint density at radius 3 is 2.43 bits per heavy atom. The highest BCUT2D eigenvalue weighted by Crippen LogP contribution is 2.37. The van der Waals surface area contributed by atoms with Crippen LogP contribution in [0.15, 0.2) is 11.6 Å². The zero-order chi connectivity index (χ0) is 16.1. The van der Waals surface area contributed by atoms with Gasteiger partial charge in [0.05, 0.1) is 12.7 Å². The van der Waals surface area contributed by atoms with Crippen LogP contribution >= 0.6 is 0 Å². The van der Waals surface area contributed by atoms with E-state index in [2.05, 4.69) is 53.8 Å². The summed E-state index contributed by atoms with van der Waals surface area (Å²) >= 11 is 0. The first-order chi connectivity index (χ1) is 9.67. The lowest BCUT2D eigenvalue weighted by Crippen LogP contribution is -2.42. The molecule has 0 aromatic rings. The standard InChI is InChI=1S/C18H36O2Si/c1-8-9-10-11-12-16-13-15(2)17(20-16)14-19-21(6,7)18(3,4)5/h13,16-17H,8-12,14H2,1-7H3/t16-,17+/m0/s1. The predicted octanol–water partition coefficient (Wildman–Crippen LogP) is 5.69. The van der Waals surface area contributed by atoms with E-state index in [0.29, 0.717) is 6.10 Å². The van der Waals surface area contributed by atoms with Crippen LogP contribution in [0.2, 0.25) is 18.1 Å². The molecule has 0 fully saturated rings. The van der Waals surface area contributed by atoms with Gasteiger partial charge in [0, 0.05) is 0 Å². The van der Waals surface area contributed by atoms with Gasteiger partial charge in [-0.05, 0) is 37.0 Å². The summed E-state index contributed by atoms with van der Waals surface area (Å²) in [5.41, 5.74) is 1.36. The lowest BCUT2D eigenvalue weighted by molar-refractivity contribution is 0.0202. The van der Waals surface area contributed by atoms with Crippen molar-refractivity contribution >= 4 is 8.32 Å². The predicted molar refractivity (Wildman–Crippen MR) is 94.3 cm³/mol. The number of rotatable bonds is 8. The van der Waals surface area contributed by atoms with Gasteiger partial charge in [-0.2, -0.15) is 0 Å². The summed E-state index contributed by atoms with van der Waals surface area (Å²) in [5.74, 6) is 0. The van der Waals surface area contributed by atoms with Gasteiger partial charge < -0.3 is 9.16 Å². The Kier molecular flexibility index (Phi) is 7.15. The van der Waals surface area contributed by atoms with Crippen LogP contribution in [-0.2, 0) is 9.16 Å². The molecule has 0 amide bonds. The van der Waals surface area contributed by atoms with Gasteiger partial charge in [0.15, 0.2) is 8.32 Å². The second-order valence-electron chi connectivity index (χ2n) is 7.99. The molecule has 1 heterocycles. The molecule has 1 aliphatic rings. The molecule has 124 valence electrons. The third-order valence-electron chi connectivity index (χ3n) is 5.04. The summed E-state index contributed by atoms with van der Waals surface area (Å²) < 4.78 is 12.5. The average molecular weight is 313 g/mol. The molecule has 0 aromatic heterocycles. The molecular weight excluding hydrogens is 276 g/mol. The van der Waals surface area contributed by atoms with E-state index in [1.807, 2.05) is 0 Å². The van der Waals surface area contributed by atoms with Gasteiger partial charge in [0.1, 0.15) is 6.10 Å². The van der Waals surface area contributed by atoms with E-state index < -0.39 is 8.32 Å². The fraction of sp³-hybridized carbons (Fsp3) is 0.889. The zero-order valence-electron chi connectivity index (χ0n) is 15.3. The molecule has 0 bridgehead atoms. The molecule has 0 aliphatic carbocycles. The van der Waals surface area contributed by atoms with E-state index in [0.717, 1.165) is 13.0 Å². The molecule has 1 aliphatic heterocycles. The van der Waals surface area contributed by atoms with Crippen LogP contribution in [0.4, 0.5) is 0 Å². The summed E-state index contributed by atoms with van der Waals surface area (Å²) in [4.78, 5) is 0. The molecule has 0 N–H and O–H groups in total. The Labute approximate surface area is 133 Å². The number of hydrogen-bond donors (Lipinski definition) is 0. The van der Waals surface area contributed by atoms with Crippen molar-refractivity contribution in [3.8, 4) is 0 Å². The zero-order valence-corrected chi connectivity index (χ0v) is 16.3. The van der Waals surface area contributed by atoms with Crippen LogP contribution in [0, 0.1) is 0 Å². The minimum Gasteiger partial charge on any atom is -0.414 e. The van der Waals surface area contributed by atoms with Gasteiger partial charge in [-0.3, -0.25) is 0 Å².